The van der Waals surface area contributed by atoms with Gasteiger partial charge in [-0.3, -0.25) is 0 Å². The zero-order chi connectivity index (χ0) is 10.6. The summed E-state index contributed by atoms with van der Waals surface area (Å²) >= 11 is 3.35. The van der Waals surface area contributed by atoms with Gasteiger partial charge in [0.15, 0.2) is 0 Å². The molecule has 0 saturated carbocycles. The Morgan fingerprint density at radius 2 is 2.29 bits per heavy atom. The average Bonchev–Trinajstić information content (AvgIpc) is 2.19. The largest absolute Gasteiger partial charge is 0.303 e. The van der Waals surface area contributed by atoms with Gasteiger partial charge in [0.1, 0.15) is 12.1 Å². The minimum atomic E-state index is -0.234. The van der Waals surface area contributed by atoms with E-state index in [2.05, 4.69) is 15.9 Å². The molecule has 0 aliphatic rings. The minimum Gasteiger partial charge on any atom is -0.303 e. The number of carbonyl (C=O) groups is 1. The maximum Gasteiger partial charge on any atom is 0.123 e. The lowest BCUT2D eigenvalue weighted by molar-refractivity contribution is -0.110. The van der Waals surface area contributed by atoms with Crippen LogP contribution < -0.4 is 0 Å². The normalized spacial score (nSPS) is 12.5. The number of hydrogen-bond acceptors (Lipinski definition) is 1. The van der Waals surface area contributed by atoms with E-state index in [4.69, 9.17) is 0 Å². The number of carbonyl (C=O) groups excluding carboxylic acids is 1. The summed E-state index contributed by atoms with van der Waals surface area (Å²) in [6.07, 6.45) is 2.40. The van der Waals surface area contributed by atoms with Crippen molar-refractivity contribution in [3.8, 4) is 0 Å². The second kappa shape index (κ2) is 5.25. The molecule has 1 rings (SSSR count). The molecule has 0 bridgehead atoms. The van der Waals surface area contributed by atoms with Crippen molar-refractivity contribution in [2.24, 2.45) is 5.92 Å². The van der Waals surface area contributed by atoms with Gasteiger partial charge in [0.25, 0.3) is 0 Å². The first-order valence-corrected chi connectivity index (χ1v) is 5.32. The molecule has 0 aliphatic carbocycles. The number of aldehydes is 1. The standard InChI is InChI=1S/C11H12BrFO/c1-8(7-14)2-3-9-6-10(13)4-5-11(9)12/h4-8H,2-3H2,1H3. The summed E-state index contributed by atoms with van der Waals surface area (Å²) in [5.41, 5.74) is 0.915. The SMILES string of the molecule is CC(C=O)CCc1cc(F)ccc1Br. The Morgan fingerprint density at radius 3 is 2.93 bits per heavy atom. The first-order chi connectivity index (χ1) is 6.63. The van der Waals surface area contributed by atoms with Crippen LogP contribution in [0.5, 0.6) is 0 Å². The first kappa shape index (κ1) is 11.4. The summed E-state index contributed by atoms with van der Waals surface area (Å²) in [5, 5.41) is 0. The van der Waals surface area contributed by atoms with Gasteiger partial charge in [-0.1, -0.05) is 22.9 Å². The summed E-state index contributed by atoms with van der Waals surface area (Å²) in [4.78, 5) is 10.4. The summed E-state index contributed by atoms with van der Waals surface area (Å²) in [7, 11) is 0. The second-order valence-corrected chi connectivity index (χ2v) is 4.24. The molecular weight excluding hydrogens is 247 g/mol. The van der Waals surface area contributed by atoms with Crippen LogP contribution >= 0.6 is 15.9 Å². The van der Waals surface area contributed by atoms with E-state index in [1.165, 1.54) is 12.1 Å². The predicted octanol–water partition coefficient (Wildman–Crippen LogP) is 3.36. The van der Waals surface area contributed by atoms with Crippen molar-refractivity contribution >= 4 is 22.2 Å². The Hall–Kier alpha value is -0.700. The van der Waals surface area contributed by atoms with Crippen LogP contribution in [0.2, 0.25) is 0 Å². The third-order valence-corrected chi connectivity index (χ3v) is 2.88. The molecular formula is C11H12BrFO. The molecule has 0 aliphatic heterocycles. The lowest BCUT2D eigenvalue weighted by Crippen LogP contribution is -1.99. The fourth-order valence-electron chi connectivity index (χ4n) is 1.19. The van der Waals surface area contributed by atoms with Crippen molar-refractivity contribution in [1.29, 1.82) is 0 Å². The van der Waals surface area contributed by atoms with Gasteiger partial charge in [-0.05, 0) is 36.6 Å². The molecule has 0 amide bonds. The molecule has 0 aromatic heterocycles. The van der Waals surface area contributed by atoms with E-state index in [0.29, 0.717) is 0 Å². The monoisotopic (exact) mass is 258 g/mol. The highest BCUT2D eigenvalue weighted by atomic mass is 79.9. The predicted molar refractivity (Wildman–Crippen MR) is 57.6 cm³/mol. The van der Waals surface area contributed by atoms with Crippen molar-refractivity contribution in [3.63, 3.8) is 0 Å². The van der Waals surface area contributed by atoms with Gasteiger partial charge in [0, 0.05) is 10.4 Å². The lowest BCUT2D eigenvalue weighted by atomic mass is 10.0. The Bertz CT molecular complexity index is 325. The van der Waals surface area contributed by atoms with Crippen LogP contribution in [0.4, 0.5) is 4.39 Å². The van der Waals surface area contributed by atoms with Crippen LogP contribution in [0.3, 0.4) is 0 Å². The zero-order valence-electron chi connectivity index (χ0n) is 7.97. The number of rotatable bonds is 4. The molecule has 1 unspecified atom stereocenters. The number of benzene rings is 1. The smallest absolute Gasteiger partial charge is 0.123 e. The van der Waals surface area contributed by atoms with Crippen LogP contribution in [0, 0.1) is 11.7 Å². The third kappa shape index (κ3) is 3.22. The van der Waals surface area contributed by atoms with Crippen molar-refractivity contribution in [2.75, 3.05) is 0 Å². The van der Waals surface area contributed by atoms with Gasteiger partial charge in [-0.25, -0.2) is 4.39 Å². The molecule has 14 heavy (non-hydrogen) atoms. The van der Waals surface area contributed by atoms with Crippen LogP contribution in [0.15, 0.2) is 22.7 Å². The second-order valence-electron chi connectivity index (χ2n) is 3.39. The Morgan fingerprint density at radius 1 is 1.57 bits per heavy atom. The molecule has 76 valence electrons. The molecule has 1 aromatic rings. The van der Waals surface area contributed by atoms with E-state index in [1.54, 1.807) is 6.07 Å². The van der Waals surface area contributed by atoms with Gasteiger partial charge >= 0.3 is 0 Å². The van der Waals surface area contributed by atoms with E-state index in [1.807, 2.05) is 6.92 Å². The first-order valence-electron chi connectivity index (χ1n) is 4.52. The summed E-state index contributed by atoms with van der Waals surface area (Å²) in [6.45, 7) is 1.86. The average molecular weight is 259 g/mol. The molecule has 0 spiro atoms. The summed E-state index contributed by atoms with van der Waals surface area (Å²) in [6, 6.07) is 4.61. The lowest BCUT2D eigenvalue weighted by Gasteiger charge is -2.06. The Labute approximate surface area is 91.5 Å². The van der Waals surface area contributed by atoms with Gasteiger partial charge in [0.2, 0.25) is 0 Å². The van der Waals surface area contributed by atoms with Gasteiger partial charge < -0.3 is 4.79 Å². The van der Waals surface area contributed by atoms with Gasteiger partial charge in [-0.15, -0.1) is 0 Å². The van der Waals surface area contributed by atoms with Crippen molar-refractivity contribution in [2.45, 2.75) is 19.8 Å². The van der Waals surface area contributed by atoms with Crippen LogP contribution in [0.1, 0.15) is 18.9 Å². The van der Waals surface area contributed by atoms with E-state index in [-0.39, 0.29) is 11.7 Å². The molecule has 0 N–H and O–H groups in total. The van der Waals surface area contributed by atoms with E-state index >= 15 is 0 Å². The highest BCUT2D eigenvalue weighted by Gasteiger charge is 2.04. The van der Waals surface area contributed by atoms with Crippen LogP contribution in [0.25, 0.3) is 0 Å². The van der Waals surface area contributed by atoms with Gasteiger partial charge in [-0.2, -0.15) is 0 Å². The quantitative estimate of drug-likeness (QED) is 0.758. The maximum absolute atomic E-state index is 12.9. The third-order valence-electron chi connectivity index (χ3n) is 2.11. The van der Waals surface area contributed by atoms with Gasteiger partial charge in [0.05, 0.1) is 0 Å². The summed E-state index contributed by atoms with van der Waals surface area (Å²) < 4.78 is 13.8. The molecule has 0 radical (unpaired) electrons. The fourth-order valence-corrected chi connectivity index (χ4v) is 1.63. The van der Waals surface area contributed by atoms with Crippen molar-refractivity contribution in [3.05, 3.63) is 34.1 Å². The number of aryl methyl sites for hydroxylation is 1. The fraction of sp³-hybridized carbons (Fsp3) is 0.364. The Kier molecular flexibility index (Phi) is 4.26. The number of hydrogen-bond donors (Lipinski definition) is 0. The molecule has 0 heterocycles. The Balaban J connectivity index is 2.66. The number of halogens is 2. The highest BCUT2D eigenvalue weighted by molar-refractivity contribution is 9.10. The topological polar surface area (TPSA) is 17.1 Å². The minimum absolute atomic E-state index is 0.0326. The molecule has 0 fully saturated rings. The molecule has 3 heteroatoms. The molecule has 0 saturated heterocycles. The maximum atomic E-state index is 12.9. The highest BCUT2D eigenvalue weighted by Crippen LogP contribution is 2.20. The molecule has 1 aromatic carbocycles. The zero-order valence-corrected chi connectivity index (χ0v) is 9.55. The van der Waals surface area contributed by atoms with Crippen molar-refractivity contribution in [1.82, 2.24) is 0 Å². The van der Waals surface area contributed by atoms with E-state index < -0.39 is 0 Å². The molecule has 1 atom stereocenters. The van der Waals surface area contributed by atoms with Crippen LogP contribution in [-0.4, -0.2) is 6.29 Å². The van der Waals surface area contributed by atoms with E-state index in [9.17, 15) is 9.18 Å². The summed E-state index contributed by atoms with van der Waals surface area (Å²) in [5.74, 6) is -0.202. The van der Waals surface area contributed by atoms with E-state index in [0.717, 1.165) is 29.2 Å². The molecule has 1 nitrogen and oxygen atoms in total. The van der Waals surface area contributed by atoms with Crippen molar-refractivity contribution < 1.29 is 9.18 Å². The van der Waals surface area contributed by atoms with Crippen LogP contribution in [-0.2, 0) is 11.2 Å².